The Kier molecular flexibility index (Phi) is 4.16. The fourth-order valence-electron chi connectivity index (χ4n) is 2.26. The van der Waals surface area contributed by atoms with E-state index in [0.717, 1.165) is 12.8 Å². The average molecular weight is 329 g/mol. The lowest BCUT2D eigenvalue weighted by atomic mass is 10.1. The van der Waals surface area contributed by atoms with Crippen molar-refractivity contribution in [2.45, 2.75) is 18.9 Å². The monoisotopic (exact) mass is 328 g/mol. The molecule has 0 aliphatic carbocycles. The summed E-state index contributed by atoms with van der Waals surface area (Å²) in [6.07, 6.45) is 1.60. The molecule has 1 fully saturated rings. The first-order chi connectivity index (χ1) is 9.02. The van der Waals surface area contributed by atoms with Crippen LogP contribution in [-0.2, 0) is 0 Å². The number of non-ortho nitro benzene ring substituents is 1. The van der Waals surface area contributed by atoms with Crippen molar-refractivity contribution in [3.63, 3.8) is 0 Å². The number of likely N-dealkylation sites (tertiary alicyclic amines) is 1. The van der Waals surface area contributed by atoms with Crippen LogP contribution in [0.1, 0.15) is 23.2 Å². The molecule has 1 aliphatic heterocycles. The molecule has 1 N–H and O–H groups in total. The highest BCUT2D eigenvalue weighted by Gasteiger charge is 2.29. The standard InChI is InChI=1S/C12H13BrN2O4/c13-9-4-8(5-11(6-9)15(18)19)12(17)14-3-1-2-10(14)7-16/h4-6,10,16H,1-3,7H2/t10-/m0/s1. The molecule has 6 nitrogen and oxygen atoms in total. The van der Waals surface area contributed by atoms with Gasteiger partial charge in [0.15, 0.2) is 0 Å². The molecule has 0 saturated carbocycles. The highest BCUT2D eigenvalue weighted by molar-refractivity contribution is 9.10. The minimum atomic E-state index is -0.533. The van der Waals surface area contributed by atoms with E-state index < -0.39 is 4.92 Å². The molecule has 102 valence electrons. The van der Waals surface area contributed by atoms with Crippen LogP contribution in [0, 0.1) is 10.1 Å². The summed E-state index contributed by atoms with van der Waals surface area (Å²) in [5.74, 6) is -0.277. The number of hydrogen-bond donors (Lipinski definition) is 1. The number of aliphatic hydroxyl groups is 1. The molecule has 0 radical (unpaired) electrons. The number of carbonyl (C=O) groups is 1. The van der Waals surface area contributed by atoms with Gasteiger partial charge in [-0.05, 0) is 18.9 Å². The molecule has 7 heteroatoms. The number of halogens is 1. The first kappa shape index (κ1) is 14.0. The van der Waals surface area contributed by atoms with E-state index in [1.165, 1.54) is 12.1 Å². The van der Waals surface area contributed by atoms with Gasteiger partial charge in [-0.3, -0.25) is 14.9 Å². The highest BCUT2D eigenvalue weighted by atomic mass is 79.9. The molecule has 1 amide bonds. The van der Waals surface area contributed by atoms with Crippen LogP contribution in [0.5, 0.6) is 0 Å². The van der Waals surface area contributed by atoms with Crippen molar-refractivity contribution in [1.82, 2.24) is 4.90 Å². The number of amides is 1. The SMILES string of the molecule is O=C(c1cc(Br)cc([N+](=O)[O-])c1)N1CCC[C@H]1CO. The summed E-state index contributed by atoms with van der Waals surface area (Å²) in [6, 6.07) is 3.98. The van der Waals surface area contributed by atoms with Crippen LogP contribution in [0.2, 0.25) is 0 Å². The molecule has 0 unspecified atom stereocenters. The van der Waals surface area contributed by atoms with E-state index >= 15 is 0 Å². The fraction of sp³-hybridized carbons (Fsp3) is 0.417. The maximum Gasteiger partial charge on any atom is 0.271 e. The predicted molar refractivity (Wildman–Crippen MR) is 71.9 cm³/mol. The molecule has 19 heavy (non-hydrogen) atoms. The van der Waals surface area contributed by atoms with E-state index in [0.29, 0.717) is 11.0 Å². The first-order valence-corrected chi connectivity index (χ1v) is 6.69. The van der Waals surface area contributed by atoms with Crippen LogP contribution in [-0.4, -0.2) is 40.0 Å². The molecular formula is C12H13BrN2O4. The number of nitrogens with zero attached hydrogens (tertiary/aromatic N) is 2. The zero-order valence-electron chi connectivity index (χ0n) is 10.1. The summed E-state index contributed by atoms with van der Waals surface area (Å²) in [4.78, 5) is 24.1. The van der Waals surface area contributed by atoms with Gasteiger partial charge in [-0.1, -0.05) is 15.9 Å². The number of aliphatic hydroxyl groups excluding tert-OH is 1. The van der Waals surface area contributed by atoms with Crippen LogP contribution >= 0.6 is 15.9 Å². The van der Waals surface area contributed by atoms with E-state index in [1.54, 1.807) is 11.0 Å². The Balaban J connectivity index is 2.30. The second kappa shape index (κ2) is 5.66. The third-order valence-electron chi connectivity index (χ3n) is 3.19. The summed E-state index contributed by atoms with van der Waals surface area (Å²) in [6.45, 7) is 0.492. The number of rotatable bonds is 3. The molecule has 1 atom stereocenters. The van der Waals surface area contributed by atoms with Gasteiger partial charge in [0.25, 0.3) is 11.6 Å². The molecular weight excluding hydrogens is 316 g/mol. The van der Waals surface area contributed by atoms with E-state index in [-0.39, 0.29) is 29.8 Å². The quantitative estimate of drug-likeness (QED) is 0.679. The molecule has 0 bridgehead atoms. The maximum absolute atomic E-state index is 12.3. The Morgan fingerprint density at radius 1 is 1.53 bits per heavy atom. The van der Waals surface area contributed by atoms with Crippen molar-refractivity contribution in [3.05, 3.63) is 38.3 Å². The fourth-order valence-corrected chi connectivity index (χ4v) is 2.74. The van der Waals surface area contributed by atoms with Gasteiger partial charge in [0.1, 0.15) is 0 Å². The number of benzene rings is 1. The number of hydrogen-bond acceptors (Lipinski definition) is 4. The molecule has 0 aromatic heterocycles. The summed E-state index contributed by atoms with van der Waals surface area (Å²) < 4.78 is 0.491. The Morgan fingerprint density at radius 3 is 2.89 bits per heavy atom. The van der Waals surface area contributed by atoms with Crippen LogP contribution < -0.4 is 0 Å². The van der Waals surface area contributed by atoms with Gasteiger partial charge in [0.05, 0.1) is 17.6 Å². The van der Waals surface area contributed by atoms with Crippen LogP contribution in [0.25, 0.3) is 0 Å². The Labute approximate surface area is 118 Å². The van der Waals surface area contributed by atoms with Gasteiger partial charge in [-0.15, -0.1) is 0 Å². The van der Waals surface area contributed by atoms with Crippen molar-refractivity contribution >= 4 is 27.5 Å². The van der Waals surface area contributed by atoms with Crippen molar-refractivity contribution in [2.24, 2.45) is 0 Å². The molecule has 1 aromatic carbocycles. The van der Waals surface area contributed by atoms with E-state index in [1.807, 2.05) is 0 Å². The second-order valence-corrected chi connectivity index (χ2v) is 5.35. The van der Waals surface area contributed by atoms with E-state index in [4.69, 9.17) is 0 Å². The highest BCUT2D eigenvalue weighted by Crippen LogP contribution is 2.25. The third kappa shape index (κ3) is 2.93. The molecule has 1 aliphatic rings. The second-order valence-electron chi connectivity index (χ2n) is 4.43. The van der Waals surface area contributed by atoms with Crippen LogP contribution in [0.15, 0.2) is 22.7 Å². The number of nitro groups is 1. The van der Waals surface area contributed by atoms with Gasteiger partial charge in [-0.25, -0.2) is 0 Å². The van der Waals surface area contributed by atoms with Gasteiger partial charge >= 0.3 is 0 Å². The summed E-state index contributed by atoms with van der Waals surface area (Å²) in [7, 11) is 0. The third-order valence-corrected chi connectivity index (χ3v) is 3.65. The van der Waals surface area contributed by atoms with Gasteiger partial charge < -0.3 is 10.0 Å². The molecule has 1 saturated heterocycles. The minimum absolute atomic E-state index is 0.0815. The van der Waals surface area contributed by atoms with Gasteiger partial charge in [0.2, 0.25) is 0 Å². The molecule has 2 rings (SSSR count). The average Bonchev–Trinajstić information content (AvgIpc) is 2.85. The Morgan fingerprint density at radius 2 is 2.26 bits per heavy atom. The Hall–Kier alpha value is -1.47. The lowest BCUT2D eigenvalue weighted by molar-refractivity contribution is -0.385. The number of nitro benzene ring substituents is 1. The minimum Gasteiger partial charge on any atom is -0.394 e. The number of carbonyl (C=O) groups excluding carboxylic acids is 1. The first-order valence-electron chi connectivity index (χ1n) is 5.89. The summed E-state index contributed by atoms with van der Waals surface area (Å²) in [5, 5.41) is 20.0. The normalized spacial score (nSPS) is 18.6. The topological polar surface area (TPSA) is 83.7 Å². The lowest BCUT2D eigenvalue weighted by Gasteiger charge is -2.23. The molecule has 1 aromatic rings. The molecule has 1 heterocycles. The molecule has 0 spiro atoms. The van der Waals surface area contributed by atoms with E-state index in [2.05, 4.69) is 15.9 Å². The zero-order valence-corrected chi connectivity index (χ0v) is 11.7. The van der Waals surface area contributed by atoms with Gasteiger partial charge in [0, 0.05) is 28.7 Å². The Bertz CT molecular complexity index is 520. The van der Waals surface area contributed by atoms with Crippen molar-refractivity contribution in [1.29, 1.82) is 0 Å². The smallest absolute Gasteiger partial charge is 0.271 e. The largest absolute Gasteiger partial charge is 0.394 e. The van der Waals surface area contributed by atoms with Crippen molar-refractivity contribution in [3.8, 4) is 0 Å². The van der Waals surface area contributed by atoms with Gasteiger partial charge in [-0.2, -0.15) is 0 Å². The zero-order chi connectivity index (χ0) is 14.0. The van der Waals surface area contributed by atoms with E-state index in [9.17, 15) is 20.0 Å². The van der Waals surface area contributed by atoms with Crippen LogP contribution in [0.4, 0.5) is 5.69 Å². The lowest BCUT2D eigenvalue weighted by Crippen LogP contribution is -2.37. The van der Waals surface area contributed by atoms with Crippen molar-refractivity contribution in [2.75, 3.05) is 13.2 Å². The summed E-state index contributed by atoms with van der Waals surface area (Å²) in [5.41, 5.74) is 0.138. The predicted octanol–water partition coefficient (Wildman–Crippen LogP) is 1.95. The van der Waals surface area contributed by atoms with Crippen molar-refractivity contribution < 1.29 is 14.8 Å². The summed E-state index contributed by atoms with van der Waals surface area (Å²) >= 11 is 3.17. The van der Waals surface area contributed by atoms with Crippen LogP contribution in [0.3, 0.4) is 0 Å². The maximum atomic E-state index is 12.3.